The maximum absolute atomic E-state index is 12.9. The van der Waals surface area contributed by atoms with E-state index in [2.05, 4.69) is 0 Å². The molecule has 25 heavy (non-hydrogen) atoms. The van der Waals surface area contributed by atoms with Crippen LogP contribution < -0.4 is 0 Å². The largest absolute Gasteiger partial charge is 0.416 e. The highest BCUT2D eigenvalue weighted by molar-refractivity contribution is 5.68. The van der Waals surface area contributed by atoms with Gasteiger partial charge in [-0.25, -0.2) is 0 Å². The van der Waals surface area contributed by atoms with Gasteiger partial charge in [0.2, 0.25) is 0 Å². The Morgan fingerprint density at radius 1 is 0.760 bits per heavy atom. The molecule has 0 saturated carbocycles. The summed E-state index contributed by atoms with van der Waals surface area (Å²) in [7, 11) is 0. The van der Waals surface area contributed by atoms with Crippen molar-refractivity contribution < 1.29 is 26.3 Å². The maximum Gasteiger partial charge on any atom is 0.416 e. The normalized spacial score (nSPS) is 17.8. The number of hydrogen-bond donors (Lipinski definition) is 0. The number of allylic oxidation sites excluding steroid dienone is 5. The number of hydrogen-bond acceptors (Lipinski definition) is 0. The number of halogens is 6. The van der Waals surface area contributed by atoms with Crippen molar-refractivity contribution in [3.05, 3.63) is 63.8 Å². The first-order valence-corrected chi connectivity index (χ1v) is 7.60. The van der Waals surface area contributed by atoms with E-state index in [4.69, 9.17) is 0 Å². The van der Waals surface area contributed by atoms with Crippen LogP contribution in [0.4, 0.5) is 26.3 Å². The molecule has 0 fully saturated rings. The molecule has 0 atom stereocenters. The lowest BCUT2D eigenvalue weighted by molar-refractivity contribution is -0.143. The van der Waals surface area contributed by atoms with Gasteiger partial charge in [-0.15, -0.1) is 0 Å². The second-order valence-corrected chi connectivity index (χ2v) is 7.12. The summed E-state index contributed by atoms with van der Waals surface area (Å²) >= 11 is 0. The van der Waals surface area contributed by atoms with Gasteiger partial charge in [-0.2, -0.15) is 26.3 Å². The number of benzene rings is 1. The van der Waals surface area contributed by atoms with Gasteiger partial charge in [0.05, 0.1) is 11.1 Å². The van der Waals surface area contributed by atoms with Gasteiger partial charge in [0, 0.05) is 0 Å². The van der Waals surface area contributed by atoms with Crippen LogP contribution in [0.2, 0.25) is 0 Å². The summed E-state index contributed by atoms with van der Waals surface area (Å²) in [6.07, 6.45) is -4.65. The van der Waals surface area contributed by atoms with Crippen LogP contribution >= 0.6 is 0 Å². The van der Waals surface area contributed by atoms with Gasteiger partial charge in [0.15, 0.2) is 0 Å². The Hall–Kier alpha value is -1.98. The topological polar surface area (TPSA) is 0 Å². The first kappa shape index (κ1) is 19.3. The highest BCUT2D eigenvalue weighted by Crippen LogP contribution is 2.39. The molecule has 0 aromatic heterocycles. The van der Waals surface area contributed by atoms with Gasteiger partial charge < -0.3 is 0 Å². The second-order valence-electron chi connectivity index (χ2n) is 7.12. The maximum atomic E-state index is 12.9. The van der Waals surface area contributed by atoms with E-state index in [-0.39, 0.29) is 17.0 Å². The molecule has 1 aliphatic rings. The predicted octanol–water partition coefficient (Wildman–Crippen LogP) is 7.04. The molecule has 6 heteroatoms. The summed E-state index contributed by atoms with van der Waals surface area (Å²) in [5.41, 5.74) is -0.534. The highest BCUT2D eigenvalue weighted by Gasteiger charge is 2.36. The zero-order valence-corrected chi connectivity index (χ0v) is 14.2. The molecule has 0 heterocycles. The van der Waals surface area contributed by atoms with E-state index in [9.17, 15) is 26.3 Å². The second kappa shape index (κ2) is 6.07. The highest BCUT2D eigenvalue weighted by atomic mass is 19.4. The van der Waals surface area contributed by atoms with E-state index >= 15 is 0 Å². The van der Waals surface area contributed by atoms with Gasteiger partial charge in [-0.1, -0.05) is 32.9 Å². The van der Waals surface area contributed by atoms with Crippen molar-refractivity contribution in [1.29, 1.82) is 0 Å². The van der Waals surface area contributed by atoms with E-state index in [1.54, 1.807) is 13.0 Å². The lowest BCUT2D eigenvalue weighted by atomic mass is 9.87. The Morgan fingerprint density at radius 3 is 1.60 bits per heavy atom. The molecule has 0 N–H and O–H groups in total. The van der Waals surface area contributed by atoms with E-state index in [1.165, 1.54) is 6.08 Å². The molecule has 2 rings (SSSR count). The molecular formula is C19H18F6. The summed E-state index contributed by atoms with van der Waals surface area (Å²) in [5.74, 6) is 0. The van der Waals surface area contributed by atoms with Crippen molar-refractivity contribution in [3.8, 4) is 0 Å². The smallest absolute Gasteiger partial charge is 0.166 e. The fourth-order valence-electron chi connectivity index (χ4n) is 2.47. The van der Waals surface area contributed by atoms with Crippen LogP contribution in [0.15, 0.2) is 47.1 Å². The van der Waals surface area contributed by atoms with Crippen LogP contribution in [-0.2, 0) is 12.4 Å². The Kier molecular flexibility index (Phi) is 4.70. The molecule has 1 aromatic rings. The fraction of sp³-hybridized carbons (Fsp3) is 0.368. The van der Waals surface area contributed by atoms with Crippen LogP contribution in [0, 0.1) is 5.41 Å². The third kappa shape index (κ3) is 4.55. The first-order valence-electron chi connectivity index (χ1n) is 7.60. The lowest BCUT2D eigenvalue weighted by Gasteiger charge is -2.18. The van der Waals surface area contributed by atoms with Crippen molar-refractivity contribution in [1.82, 2.24) is 0 Å². The molecule has 1 aromatic carbocycles. The van der Waals surface area contributed by atoms with Crippen LogP contribution in [0.3, 0.4) is 0 Å². The van der Waals surface area contributed by atoms with E-state index < -0.39 is 23.5 Å². The average molecular weight is 360 g/mol. The quantitative estimate of drug-likeness (QED) is 0.471. The average Bonchev–Trinajstić information content (AvgIpc) is 2.78. The van der Waals surface area contributed by atoms with Crippen LogP contribution in [0.5, 0.6) is 0 Å². The number of rotatable bonds is 1. The molecule has 0 aliphatic heterocycles. The van der Waals surface area contributed by atoms with Crippen molar-refractivity contribution in [2.45, 2.75) is 40.0 Å². The predicted molar refractivity (Wildman–Crippen MR) is 85.7 cm³/mol. The summed E-state index contributed by atoms with van der Waals surface area (Å²) in [4.78, 5) is 0. The molecule has 1 aliphatic carbocycles. The Morgan fingerprint density at radius 2 is 1.24 bits per heavy atom. The summed E-state index contributed by atoms with van der Waals surface area (Å²) in [5, 5.41) is 0. The SMILES string of the molecule is CC1=CC(C(C)(C)C)=C/C1=C\c1cc(C(F)(F)F)cc(C(F)(F)F)c1. The van der Waals surface area contributed by atoms with Crippen LogP contribution in [0.25, 0.3) is 6.08 Å². The molecule has 0 unspecified atom stereocenters. The van der Waals surface area contributed by atoms with Gasteiger partial charge in [-0.3, -0.25) is 0 Å². The fourth-order valence-corrected chi connectivity index (χ4v) is 2.47. The van der Waals surface area contributed by atoms with Gasteiger partial charge >= 0.3 is 12.4 Å². The summed E-state index contributed by atoms with van der Waals surface area (Å²) in [6, 6.07) is 1.60. The molecule has 0 amide bonds. The Labute approximate surface area is 142 Å². The minimum absolute atomic E-state index is 0.128. The molecule has 136 valence electrons. The molecule has 0 nitrogen and oxygen atoms in total. The van der Waals surface area contributed by atoms with Gasteiger partial charge in [0.25, 0.3) is 0 Å². The third-order valence-corrected chi connectivity index (χ3v) is 3.94. The minimum atomic E-state index is -4.85. The third-order valence-electron chi connectivity index (χ3n) is 3.94. The zero-order valence-electron chi connectivity index (χ0n) is 14.2. The minimum Gasteiger partial charge on any atom is -0.166 e. The Bertz CT molecular complexity index is 732. The molecule has 0 saturated heterocycles. The first-order chi connectivity index (χ1) is 11.2. The molecule has 0 spiro atoms. The molecule has 0 radical (unpaired) electrons. The number of alkyl halides is 6. The van der Waals surface area contributed by atoms with Crippen molar-refractivity contribution in [2.24, 2.45) is 5.41 Å². The van der Waals surface area contributed by atoms with E-state index in [0.717, 1.165) is 23.3 Å². The van der Waals surface area contributed by atoms with Gasteiger partial charge in [-0.05, 0) is 58.9 Å². The van der Waals surface area contributed by atoms with Crippen LogP contribution in [0.1, 0.15) is 44.4 Å². The Balaban J connectivity index is 2.57. The summed E-state index contributed by atoms with van der Waals surface area (Å²) in [6.45, 7) is 7.73. The molecule has 0 bridgehead atoms. The lowest BCUT2D eigenvalue weighted by Crippen LogP contribution is -2.11. The zero-order chi connectivity index (χ0) is 19.2. The van der Waals surface area contributed by atoms with E-state index in [1.807, 2.05) is 26.8 Å². The van der Waals surface area contributed by atoms with Gasteiger partial charge in [0.1, 0.15) is 0 Å². The van der Waals surface area contributed by atoms with Crippen LogP contribution in [-0.4, -0.2) is 0 Å². The summed E-state index contributed by atoms with van der Waals surface area (Å²) < 4.78 is 77.6. The monoisotopic (exact) mass is 360 g/mol. The standard InChI is InChI=1S/C19H18F6/c1-11-5-14(17(2,3)4)9-13(11)6-12-7-15(18(20,21)22)10-16(8-12)19(23,24)25/h5-10H,1-4H3/b13-6+. The van der Waals surface area contributed by atoms with Crippen molar-refractivity contribution >= 4 is 6.08 Å². The van der Waals surface area contributed by atoms with Crippen molar-refractivity contribution in [2.75, 3.05) is 0 Å². The van der Waals surface area contributed by atoms with Crippen molar-refractivity contribution in [3.63, 3.8) is 0 Å². The molecular weight excluding hydrogens is 342 g/mol. The van der Waals surface area contributed by atoms with E-state index in [0.29, 0.717) is 5.57 Å².